The molecule has 0 aliphatic heterocycles. The Hall–Kier alpha value is -0.610. The van der Waals surface area contributed by atoms with Gasteiger partial charge in [-0.15, -0.1) is 0 Å². The Morgan fingerprint density at radius 2 is 2.20 bits per heavy atom. The van der Waals surface area contributed by atoms with Gasteiger partial charge >= 0.3 is 0 Å². The fraction of sp³-hybridized carbons (Fsp3) is 0.833. The van der Waals surface area contributed by atoms with Gasteiger partial charge in [0.1, 0.15) is 0 Å². The van der Waals surface area contributed by atoms with E-state index in [1.807, 2.05) is 6.92 Å². The number of aliphatic hydroxyl groups excluding tert-OH is 1. The maximum atomic E-state index is 9.91. The fourth-order valence-electron chi connectivity index (χ4n) is 0.574. The first-order chi connectivity index (χ1) is 4.20. The lowest BCUT2D eigenvalue weighted by atomic mass is 10.0. The molecule has 0 spiro atoms. The molecule has 4 heteroatoms. The second-order valence-electron chi connectivity index (χ2n) is 2.03. The van der Waals surface area contributed by atoms with Gasteiger partial charge in [-0.2, -0.15) is 0 Å². The number of carboxylic acids is 1. The number of rotatable bonds is 4. The number of hydrogen-bond acceptors (Lipinski definition) is 3. The highest BCUT2D eigenvalue weighted by atomic mass is 16.4. The van der Waals surface area contributed by atoms with Crippen molar-refractivity contribution in [2.45, 2.75) is 19.8 Å². The Balaban J connectivity index is 0. The summed E-state index contributed by atoms with van der Waals surface area (Å²) in [5, 5.41) is 18.4. The average molecular weight is 149 g/mol. The molecule has 0 aromatic rings. The number of quaternary nitrogens is 1. The molecule has 0 saturated carbocycles. The van der Waals surface area contributed by atoms with Crippen LogP contribution in [0.5, 0.6) is 0 Å². The van der Waals surface area contributed by atoms with Crippen molar-refractivity contribution < 1.29 is 15.0 Å². The van der Waals surface area contributed by atoms with Crippen molar-refractivity contribution in [3.05, 3.63) is 0 Å². The van der Waals surface area contributed by atoms with E-state index in [1.165, 1.54) is 0 Å². The van der Waals surface area contributed by atoms with E-state index in [-0.39, 0.29) is 25.1 Å². The van der Waals surface area contributed by atoms with Crippen molar-refractivity contribution in [2.24, 2.45) is 5.92 Å². The molecule has 0 radical (unpaired) electrons. The van der Waals surface area contributed by atoms with Crippen LogP contribution in [-0.4, -0.2) is 17.7 Å². The van der Waals surface area contributed by atoms with E-state index in [9.17, 15) is 9.90 Å². The lowest BCUT2D eigenvalue weighted by Crippen LogP contribution is -2.26. The van der Waals surface area contributed by atoms with Gasteiger partial charge < -0.3 is 21.2 Å². The van der Waals surface area contributed by atoms with Gasteiger partial charge in [-0.3, -0.25) is 0 Å². The molecule has 10 heavy (non-hydrogen) atoms. The molecule has 0 aliphatic carbocycles. The molecule has 0 bridgehead atoms. The minimum Gasteiger partial charge on any atom is -0.550 e. The fourth-order valence-corrected chi connectivity index (χ4v) is 0.574. The third-order valence-electron chi connectivity index (χ3n) is 1.29. The molecule has 0 heterocycles. The highest BCUT2D eigenvalue weighted by Crippen LogP contribution is 2.04. The van der Waals surface area contributed by atoms with E-state index in [4.69, 9.17) is 5.11 Å². The monoisotopic (exact) mass is 149 g/mol. The van der Waals surface area contributed by atoms with Crippen LogP contribution < -0.4 is 11.3 Å². The van der Waals surface area contributed by atoms with E-state index in [0.717, 1.165) is 0 Å². The Labute approximate surface area is 60.4 Å². The zero-order valence-electron chi connectivity index (χ0n) is 6.46. The highest BCUT2D eigenvalue weighted by Gasteiger charge is 2.02. The third kappa shape index (κ3) is 5.53. The first kappa shape index (κ1) is 12.1. The summed E-state index contributed by atoms with van der Waals surface area (Å²) in [6.45, 7) is 1.77. The van der Waals surface area contributed by atoms with E-state index in [1.54, 1.807) is 0 Å². The molecule has 4 nitrogen and oxygen atoms in total. The maximum Gasteiger partial charge on any atom is 0.0462 e. The summed E-state index contributed by atoms with van der Waals surface area (Å²) >= 11 is 0. The molecule has 0 aromatic heterocycles. The average Bonchev–Trinajstić information content (AvgIpc) is 1.82. The largest absolute Gasteiger partial charge is 0.550 e. The van der Waals surface area contributed by atoms with Crippen LogP contribution in [-0.2, 0) is 4.79 Å². The van der Waals surface area contributed by atoms with Crippen LogP contribution in [0.2, 0.25) is 0 Å². The standard InChI is InChI=1S/C6H12O3.H3N/c1-2-5(4-7)3-6(8)9;/h5,7H,2-4H2,1H3,(H,8,9);1H3. The second kappa shape index (κ2) is 6.51. The molecule has 1 unspecified atom stereocenters. The summed E-state index contributed by atoms with van der Waals surface area (Å²) in [7, 11) is 0. The number of aliphatic hydroxyl groups is 1. The molecule has 0 aliphatic rings. The number of aliphatic carboxylic acids is 1. The Morgan fingerprint density at radius 1 is 1.70 bits per heavy atom. The molecule has 1 atom stereocenters. The van der Waals surface area contributed by atoms with Gasteiger partial charge in [0.25, 0.3) is 0 Å². The van der Waals surface area contributed by atoms with Gasteiger partial charge in [-0.1, -0.05) is 13.3 Å². The van der Waals surface area contributed by atoms with Crippen molar-refractivity contribution in [1.82, 2.24) is 6.15 Å². The van der Waals surface area contributed by atoms with E-state index in [0.29, 0.717) is 6.42 Å². The maximum absolute atomic E-state index is 9.91. The van der Waals surface area contributed by atoms with Crippen molar-refractivity contribution >= 4 is 5.97 Å². The van der Waals surface area contributed by atoms with E-state index in [2.05, 4.69) is 0 Å². The minimum absolute atomic E-state index is 0. The summed E-state index contributed by atoms with van der Waals surface area (Å²) in [6, 6.07) is 0. The molecule has 0 rings (SSSR count). The smallest absolute Gasteiger partial charge is 0.0462 e. The SMILES string of the molecule is CCC(CO)CC(=O)[O-].[NH4+]. The third-order valence-corrected chi connectivity index (χ3v) is 1.29. The normalized spacial score (nSPS) is 11.8. The Kier molecular flexibility index (Phi) is 7.88. The minimum atomic E-state index is -1.09. The first-order valence-corrected chi connectivity index (χ1v) is 3.01. The number of carbonyl (C=O) groups excluding carboxylic acids is 1. The molecule has 0 fully saturated rings. The number of hydrogen-bond donors (Lipinski definition) is 2. The molecule has 0 aromatic carbocycles. The van der Waals surface area contributed by atoms with Gasteiger partial charge in [0.05, 0.1) is 0 Å². The zero-order valence-corrected chi connectivity index (χ0v) is 6.46. The van der Waals surface area contributed by atoms with Crippen LogP contribution in [0.15, 0.2) is 0 Å². The predicted octanol–water partition coefficient (Wildman–Crippen LogP) is -0.479. The lowest BCUT2D eigenvalue weighted by molar-refractivity contribution is -0.307. The Morgan fingerprint density at radius 3 is 2.30 bits per heavy atom. The first-order valence-electron chi connectivity index (χ1n) is 3.01. The van der Waals surface area contributed by atoms with E-state index >= 15 is 0 Å². The summed E-state index contributed by atoms with van der Waals surface area (Å²) in [6.07, 6.45) is 0.650. The molecule has 62 valence electrons. The summed E-state index contributed by atoms with van der Waals surface area (Å²) < 4.78 is 0. The molecule has 0 amide bonds. The van der Waals surface area contributed by atoms with Crippen molar-refractivity contribution in [3.8, 4) is 0 Å². The summed E-state index contributed by atoms with van der Waals surface area (Å²) in [5.74, 6) is -1.22. The zero-order chi connectivity index (χ0) is 7.28. The van der Waals surface area contributed by atoms with Crippen LogP contribution in [0.25, 0.3) is 0 Å². The van der Waals surface area contributed by atoms with Crippen LogP contribution in [0.4, 0.5) is 0 Å². The second-order valence-corrected chi connectivity index (χ2v) is 2.03. The van der Waals surface area contributed by atoms with Gasteiger partial charge in [0.15, 0.2) is 0 Å². The topological polar surface area (TPSA) is 96.9 Å². The van der Waals surface area contributed by atoms with Gasteiger partial charge in [0.2, 0.25) is 0 Å². The summed E-state index contributed by atoms with van der Waals surface area (Å²) in [5.41, 5.74) is 0. The predicted molar refractivity (Wildman–Crippen MR) is 36.5 cm³/mol. The van der Waals surface area contributed by atoms with Crippen molar-refractivity contribution in [3.63, 3.8) is 0 Å². The van der Waals surface area contributed by atoms with Crippen molar-refractivity contribution in [2.75, 3.05) is 6.61 Å². The molecular weight excluding hydrogens is 134 g/mol. The van der Waals surface area contributed by atoms with Crippen LogP contribution in [0.1, 0.15) is 19.8 Å². The Bertz CT molecular complexity index is 91.0. The number of carbonyl (C=O) groups is 1. The lowest BCUT2D eigenvalue weighted by Gasteiger charge is -2.10. The van der Waals surface area contributed by atoms with E-state index < -0.39 is 5.97 Å². The highest BCUT2D eigenvalue weighted by molar-refractivity contribution is 5.64. The molecule has 5 N–H and O–H groups in total. The van der Waals surface area contributed by atoms with Gasteiger partial charge in [0, 0.05) is 12.6 Å². The van der Waals surface area contributed by atoms with Crippen LogP contribution in [0, 0.1) is 5.92 Å². The quantitative estimate of drug-likeness (QED) is 0.565. The number of carboxylic acid groups (broad SMARTS) is 1. The van der Waals surface area contributed by atoms with Crippen molar-refractivity contribution in [1.29, 1.82) is 0 Å². The van der Waals surface area contributed by atoms with Gasteiger partial charge in [-0.05, 0) is 12.3 Å². The van der Waals surface area contributed by atoms with Gasteiger partial charge in [-0.25, -0.2) is 0 Å². The molecular formula is C6H15NO3. The summed E-state index contributed by atoms with van der Waals surface area (Å²) in [4.78, 5) is 9.91. The van der Waals surface area contributed by atoms with Crippen LogP contribution >= 0.6 is 0 Å². The molecule has 0 saturated heterocycles. The van der Waals surface area contributed by atoms with Crippen LogP contribution in [0.3, 0.4) is 0 Å².